The van der Waals surface area contributed by atoms with Gasteiger partial charge in [0.1, 0.15) is 5.75 Å². The van der Waals surface area contributed by atoms with Crippen LogP contribution in [0.25, 0.3) is 0 Å². The number of halogens is 1. The van der Waals surface area contributed by atoms with E-state index in [1.54, 1.807) is 12.1 Å². The van der Waals surface area contributed by atoms with Crippen molar-refractivity contribution < 1.29 is 19.0 Å². The Labute approximate surface area is 198 Å². The highest BCUT2D eigenvalue weighted by Crippen LogP contribution is 2.35. The molecule has 0 unspecified atom stereocenters. The normalized spacial score (nSPS) is 22.5. The third-order valence-corrected chi connectivity index (χ3v) is 6.87. The lowest BCUT2D eigenvalue weighted by molar-refractivity contribution is -0.186. The van der Waals surface area contributed by atoms with Crippen LogP contribution in [0.2, 0.25) is 5.02 Å². The van der Waals surface area contributed by atoms with Crippen molar-refractivity contribution in [3.8, 4) is 5.75 Å². The second-order valence-corrected chi connectivity index (χ2v) is 9.11. The zero-order chi connectivity index (χ0) is 22.8. The average Bonchev–Trinajstić information content (AvgIpc) is 3.49. The Balaban J connectivity index is 1.34. The zero-order valence-corrected chi connectivity index (χ0v) is 19.5. The second kappa shape index (κ2) is 9.43. The molecule has 174 valence electrons. The lowest BCUT2D eigenvalue weighted by Crippen LogP contribution is -2.48. The fourth-order valence-corrected chi connectivity index (χ4v) is 4.89. The van der Waals surface area contributed by atoms with Gasteiger partial charge < -0.3 is 14.2 Å². The average molecular weight is 470 g/mol. The van der Waals surface area contributed by atoms with E-state index in [-0.39, 0.29) is 11.9 Å². The minimum absolute atomic E-state index is 0.0166. The van der Waals surface area contributed by atoms with E-state index in [2.05, 4.69) is 4.90 Å². The van der Waals surface area contributed by atoms with Gasteiger partial charge in [-0.05, 0) is 29.8 Å². The molecule has 0 saturated carbocycles. The van der Waals surface area contributed by atoms with Gasteiger partial charge in [0.2, 0.25) is 0 Å². The van der Waals surface area contributed by atoms with Gasteiger partial charge in [-0.25, -0.2) is 5.01 Å². The number of methoxy groups -OCH3 is 1. The van der Waals surface area contributed by atoms with Crippen molar-refractivity contribution in [3.05, 3.63) is 64.7 Å². The van der Waals surface area contributed by atoms with Gasteiger partial charge in [0, 0.05) is 42.9 Å². The molecule has 2 aromatic carbocycles. The predicted molar refractivity (Wildman–Crippen MR) is 125 cm³/mol. The summed E-state index contributed by atoms with van der Waals surface area (Å²) in [7, 11) is 1.65. The van der Waals surface area contributed by atoms with E-state index in [4.69, 9.17) is 30.9 Å². The summed E-state index contributed by atoms with van der Waals surface area (Å²) in [4.78, 5) is 15.6. The standard InChI is InChI=1S/C25H28ClN3O4/c1-31-21-4-2-3-19(15-21)22-16-23(18-5-7-20(26)8-6-18)29(27-22)24(30)17-28-11-9-25(10-12-28)32-13-14-33-25/h2-8,15,23H,9-14,16-17H2,1H3/t23-/m1/s1. The molecule has 33 heavy (non-hydrogen) atoms. The largest absolute Gasteiger partial charge is 0.497 e. The van der Waals surface area contributed by atoms with Crippen molar-refractivity contribution in [2.75, 3.05) is 40.0 Å². The molecule has 3 heterocycles. The molecule has 2 saturated heterocycles. The van der Waals surface area contributed by atoms with Gasteiger partial charge in [0.05, 0.1) is 38.6 Å². The van der Waals surface area contributed by atoms with Crippen molar-refractivity contribution in [3.63, 3.8) is 0 Å². The van der Waals surface area contributed by atoms with E-state index in [0.717, 1.165) is 48.5 Å². The van der Waals surface area contributed by atoms with Crippen molar-refractivity contribution >= 4 is 23.2 Å². The maximum Gasteiger partial charge on any atom is 0.257 e. The summed E-state index contributed by atoms with van der Waals surface area (Å²) in [6.07, 6.45) is 2.18. The van der Waals surface area contributed by atoms with Crippen LogP contribution in [0.15, 0.2) is 53.6 Å². The maximum atomic E-state index is 13.4. The molecule has 1 atom stereocenters. The van der Waals surface area contributed by atoms with Crippen LogP contribution < -0.4 is 4.74 Å². The first-order chi connectivity index (χ1) is 16.0. The minimum Gasteiger partial charge on any atom is -0.497 e. The maximum absolute atomic E-state index is 13.4. The SMILES string of the molecule is COc1cccc(C2=NN(C(=O)CN3CCC4(CC3)OCCO4)[C@@H](c3ccc(Cl)cc3)C2)c1. The van der Waals surface area contributed by atoms with Gasteiger partial charge >= 0.3 is 0 Å². The van der Waals surface area contributed by atoms with Crippen molar-refractivity contribution in [2.45, 2.75) is 31.1 Å². The first-order valence-electron chi connectivity index (χ1n) is 11.3. The number of nitrogens with zero attached hydrogens (tertiary/aromatic N) is 3. The lowest BCUT2D eigenvalue weighted by Gasteiger charge is -2.37. The van der Waals surface area contributed by atoms with Crippen LogP contribution in [0.5, 0.6) is 5.75 Å². The minimum atomic E-state index is -0.448. The highest BCUT2D eigenvalue weighted by molar-refractivity contribution is 6.30. The number of carbonyl (C=O) groups is 1. The number of amides is 1. The highest BCUT2D eigenvalue weighted by atomic mass is 35.5. The zero-order valence-electron chi connectivity index (χ0n) is 18.7. The molecule has 0 aliphatic carbocycles. The second-order valence-electron chi connectivity index (χ2n) is 8.67. The first-order valence-corrected chi connectivity index (χ1v) is 11.7. The van der Waals surface area contributed by atoms with Gasteiger partial charge in [0.25, 0.3) is 5.91 Å². The summed E-state index contributed by atoms with van der Waals surface area (Å²) < 4.78 is 17.0. The number of benzene rings is 2. The van der Waals surface area contributed by atoms with Crippen LogP contribution >= 0.6 is 11.6 Å². The Morgan fingerprint density at radius 2 is 1.88 bits per heavy atom. The molecule has 3 aliphatic rings. The fourth-order valence-electron chi connectivity index (χ4n) is 4.76. The molecule has 7 nitrogen and oxygen atoms in total. The predicted octanol–water partition coefficient (Wildman–Crippen LogP) is 3.87. The third kappa shape index (κ3) is 4.77. The van der Waals surface area contributed by atoms with Crippen LogP contribution in [0.4, 0.5) is 0 Å². The molecule has 8 heteroatoms. The number of rotatable bonds is 5. The molecule has 1 amide bonds. The Morgan fingerprint density at radius 1 is 1.15 bits per heavy atom. The number of hydrazone groups is 1. The molecule has 3 aliphatic heterocycles. The Morgan fingerprint density at radius 3 is 2.58 bits per heavy atom. The number of hydrogen-bond acceptors (Lipinski definition) is 6. The van der Waals surface area contributed by atoms with Crippen LogP contribution in [-0.4, -0.2) is 67.3 Å². The molecule has 0 bridgehead atoms. The molecule has 0 aromatic heterocycles. The first kappa shape index (κ1) is 22.3. The topological polar surface area (TPSA) is 63.6 Å². The molecule has 0 N–H and O–H groups in total. The number of carbonyl (C=O) groups excluding carboxylic acids is 1. The van der Waals surface area contributed by atoms with E-state index in [0.29, 0.717) is 31.2 Å². The van der Waals surface area contributed by atoms with E-state index < -0.39 is 5.79 Å². The van der Waals surface area contributed by atoms with Gasteiger partial charge in [-0.15, -0.1) is 0 Å². The Hall–Kier alpha value is -2.45. The van der Waals surface area contributed by atoms with Crippen LogP contribution in [0, 0.1) is 0 Å². The summed E-state index contributed by atoms with van der Waals surface area (Å²) in [5, 5.41) is 7.10. The van der Waals surface area contributed by atoms with Crippen LogP contribution in [0.1, 0.15) is 36.4 Å². The number of ether oxygens (including phenoxy) is 3. The van der Waals surface area contributed by atoms with Gasteiger partial charge in [-0.1, -0.05) is 35.9 Å². The molecule has 5 rings (SSSR count). The monoisotopic (exact) mass is 469 g/mol. The Kier molecular flexibility index (Phi) is 6.38. The molecule has 2 aromatic rings. The van der Waals surface area contributed by atoms with Crippen molar-refractivity contribution in [1.29, 1.82) is 0 Å². The van der Waals surface area contributed by atoms with E-state index in [1.165, 1.54) is 0 Å². The fraction of sp³-hybridized carbons (Fsp3) is 0.440. The molecular formula is C25H28ClN3O4. The van der Waals surface area contributed by atoms with Crippen molar-refractivity contribution in [1.82, 2.24) is 9.91 Å². The Bertz CT molecular complexity index is 1030. The smallest absolute Gasteiger partial charge is 0.257 e. The number of likely N-dealkylation sites (tertiary alicyclic amines) is 1. The molecular weight excluding hydrogens is 442 g/mol. The van der Waals surface area contributed by atoms with Crippen molar-refractivity contribution in [2.24, 2.45) is 5.10 Å². The highest BCUT2D eigenvalue weighted by Gasteiger charge is 2.41. The number of hydrogen-bond donors (Lipinski definition) is 0. The quantitative estimate of drug-likeness (QED) is 0.665. The third-order valence-electron chi connectivity index (χ3n) is 6.61. The van der Waals surface area contributed by atoms with E-state index >= 15 is 0 Å². The van der Waals surface area contributed by atoms with Crippen LogP contribution in [0.3, 0.4) is 0 Å². The lowest BCUT2D eigenvalue weighted by atomic mass is 9.98. The molecule has 2 fully saturated rings. The summed E-state index contributed by atoms with van der Waals surface area (Å²) >= 11 is 6.11. The van der Waals surface area contributed by atoms with Gasteiger partial charge in [-0.3, -0.25) is 9.69 Å². The van der Waals surface area contributed by atoms with Crippen LogP contribution in [-0.2, 0) is 14.3 Å². The summed E-state index contributed by atoms with van der Waals surface area (Å²) in [5.74, 6) is 0.301. The molecule has 0 radical (unpaired) electrons. The summed E-state index contributed by atoms with van der Waals surface area (Å²) in [6, 6.07) is 15.3. The van der Waals surface area contributed by atoms with E-state index in [9.17, 15) is 4.79 Å². The summed E-state index contributed by atoms with van der Waals surface area (Å²) in [6.45, 7) is 3.14. The number of piperidine rings is 1. The van der Waals surface area contributed by atoms with Gasteiger partial charge in [0.15, 0.2) is 5.79 Å². The van der Waals surface area contributed by atoms with Gasteiger partial charge in [-0.2, -0.15) is 5.10 Å². The summed E-state index contributed by atoms with van der Waals surface area (Å²) in [5.41, 5.74) is 2.84. The van der Waals surface area contributed by atoms with E-state index in [1.807, 2.05) is 48.5 Å². The molecule has 1 spiro atoms.